The number of rotatable bonds is 6. The first kappa shape index (κ1) is 16.6. The van der Waals surface area contributed by atoms with Gasteiger partial charge in [0.05, 0.1) is 11.4 Å². The molecule has 0 heterocycles. The lowest BCUT2D eigenvalue weighted by molar-refractivity contribution is -0.121. The van der Waals surface area contributed by atoms with Crippen molar-refractivity contribution in [1.29, 1.82) is 0 Å². The lowest BCUT2D eigenvalue weighted by Crippen LogP contribution is -2.41. The van der Waals surface area contributed by atoms with Crippen LogP contribution in [0, 0.1) is 5.82 Å². The largest absolute Gasteiger partial charge is 0.353 e. The number of amides is 1. The fourth-order valence-electron chi connectivity index (χ4n) is 1.50. The molecule has 1 aromatic rings. The Morgan fingerprint density at radius 3 is 2.40 bits per heavy atom. The zero-order valence-electron chi connectivity index (χ0n) is 11.8. The van der Waals surface area contributed by atoms with Crippen molar-refractivity contribution in [2.24, 2.45) is 0 Å². The van der Waals surface area contributed by atoms with Crippen LogP contribution < -0.4 is 5.32 Å². The summed E-state index contributed by atoms with van der Waals surface area (Å²) in [5.41, 5.74) is 0. The first-order valence-electron chi connectivity index (χ1n) is 6.28. The van der Waals surface area contributed by atoms with Crippen molar-refractivity contribution in [2.45, 2.75) is 31.2 Å². The van der Waals surface area contributed by atoms with Crippen molar-refractivity contribution >= 4 is 15.9 Å². The first-order chi connectivity index (χ1) is 9.27. The van der Waals surface area contributed by atoms with Crippen LogP contribution in [0.1, 0.15) is 20.3 Å². The number of carbonyl (C=O) groups is 1. The maximum Gasteiger partial charge on any atom is 0.243 e. The van der Waals surface area contributed by atoms with E-state index in [1.165, 1.54) is 19.2 Å². The number of benzene rings is 1. The Hall–Kier alpha value is -1.47. The average Bonchev–Trinajstić information content (AvgIpc) is 2.38. The molecule has 1 N–H and O–H groups in total. The highest BCUT2D eigenvalue weighted by atomic mass is 32.2. The van der Waals surface area contributed by atoms with E-state index in [4.69, 9.17) is 0 Å². The van der Waals surface area contributed by atoms with Crippen molar-refractivity contribution in [2.75, 3.05) is 13.6 Å². The summed E-state index contributed by atoms with van der Waals surface area (Å²) in [6, 6.07) is 4.48. The highest BCUT2D eigenvalue weighted by molar-refractivity contribution is 7.89. The molecular weight excluding hydrogens is 283 g/mol. The van der Waals surface area contributed by atoms with E-state index in [0.29, 0.717) is 0 Å². The molecule has 1 atom stereocenters. The third-order valence-corrected chi connectivity index (χ3v) is 4.73. The van der Waals surface area contributed by atoms with Crippen LogP contribution in [0.15, 0.2) is 29.2 Å². The van der Waals surface area contributed by atoms with E-state index in [1.807, 2.05) is 13.8 Å². The Bertz CT molecular complexity index is 557. The van der Waals surface area contributed by atoms with Gasteiger partial charge in [0.15, 0.2) is 0 Å². The normalized spacial score (nSPS) is 13.2. The summed E-state index contributed by atoms with van der Waals surface area (Å²) in [4.78, 5) is 11.6. The van der Waals surface area contributed by atoms with Gasteiger partial charge in [-0.25, -0.2) is 12.8 Å². The van der Waals surface area contributed by atoms with Gasteiger partial charge in [0.25, 0.3) is 0 Å². The van der Waals surface area contributed by atoms with Gasteiger partial charge in [0, 0.05) is 13.1 Å². The number of nitrogens with one attached hydrogen (secondary N) is 1. The molecule has 0 aliphatic rings. The van der Waals surface area contributed by atoms with Gasteiger partial charge in [-0.2, -0.15) is 4.31 Å². The molecule has 1 rings (SSSR count). The zero-order valence-corrected chi connectivity index (χ0v) is 12.6. The lowest BCUT2D eigenvalue weighted by Gasteiger charge is -2.18. The van der Waals surface area contributed by atoms with Gasteiger partial charge >= 0.3 is 0 Å². The molecule has 0 saturated carbocycles. The summed E-state index contributed by atoms with van der Waals surface area (Å²) in [6.07, 6.45) is 0.764. The Balaban J connectivity index is 2.77. The highest BCUT2D eigenvalue weighted by Gasteiger charge is 2.23. The van der Waals surface area contributed by atoms with Crippen LogP contribution >= 0.6 is 0 Å². The van der Waals surface area contributed by atoms with E-state index in [2.05, 4.69) is 5.32 Å². The molecule has 5 nitrogen and oxygen atoms in total. The molecule has 0 aliphatic heterocycles. The molecule has 0 radical (unpaired) electrons. The number of nitrogens with zero attached hydrogens (tertiary/aromatic N) is 1. The Kier molecular flexibility index (Phi) is 5.64. The van der Waals surface area contributed by atoms with Gasteiger partial charge in [-0.05, 0) is 37.6 Å². The second kappa shape index (κ2) is 6.81. The van der Waals surface area contributed by atoms with Crippen LogP contribution in [-0.4, -0.2) is 38.3 Å². The Morgan fingerprint density at radius 1 is 1.35 bits per heavy atom. The molecule has 1 amide bonds. The molecule has 0 unspecified atom stereocenters. The van der Waals surface area contributed by atoms with Crippen LogP contribution in [0.5, 0.6) is 0 Å². The minimum atomic E-state index is -3.79. The monoisotopic (exact) mass is 302 g/mol. The highest BCUT2D eigenvalue weighted by Crippen LogP contribution is 2.14. The molecular formula is C13H19FN2O3S. The summed E-state index contributed by atoms with van der Waals surface area (Å²) in [5.74, 6) is -0.881. The summed E-state index contributed by atoms with van der Waals surface area (Å²) in [5, 5.41) is 2.69. The van der Waals surface area contributed by atoms with E-state index in [-0.39, 0.29) is 23.4 Å². The van der Waals surface area contributed by atoms with Gasteiger partial charge in [-0.3, -0.25) is 4.79 Å². The molecule has 0 bridgehead atoms. The van der Waals surface area contributed by atoms with Gasteiger partial charge in [-0.15, -0.1) is 0 Å². The molecule has 20 heavy (non-hydrogen) atoms. The van der Waals surface area contributed by atoms with Gasteiger partial charge in [-0.1, -0.05) is 6.92 Å². The minimum absolute atomic E-state index is 0.00979. The van der Waals surface area contributed by atoms with E-state index in [0.717, 1.165) is 22.9 Å². The van der Waals surface area contributed by atoms with Crippen molar-refractivity contribution in [3.05, 3.63) is 30.1 Å². The molecule has 7 heteroatoms. The first-order valence-corrected chi connectivity index (χ1v) is 7.72. The number of likely N-dealkylation sites (N-methyl/N-ethyl adjacent to an activating group) is 1. The predicted molar refractivity (Wildman–Crippen MR) is 74.1 cm³/mol. The quantitative estimate of drug-likeness (QED) is 0.863. The summed E-state index contributed by atoms with van der Waals surface area (Å²) in [7, 11) is -2.47. The fourth-order valence-corrected chi connectivity index (χ4v) is 2.62. The molecule has 0 spiro atoms. The molecule has 1 aromatic carbocycles. The van der Waals surface area contributed by atoms with Crippen molar-refractivity contribution in [3.63, 3.8) is 0 Å². The average molecular weight is 302 g/mol. The molecule has 112 valence electrons. The van der Waals surface area contributed by atoms with Crippen molar-refractivity contribution < 1.29 is 17.6 Å². The van der Waals surface area contributed by atoms with Crippen LogP contribution in [0.3, 0.4) is 0 Å². The second-order valence-electron chi connectivity index (χ2n) is 4.59. The summed E-state index contributed by atoms with van der Waals surface area (Å²) in [6.45, 7) is 3.49. The number of carbonyl (C=O) groups excluding carboxylic acids is 1. The van der Waals surface area contributed by atoms with E-state index in [1.54, 1.807) is 0 Å². The van der Waals surface area contributed by atoms with Crippen LogP contribution in [-0.2, 0) is 14.8 Å². The van der Waals surface area contributed by atoms with Crippen molar-refractivity contribution in [3.8, 4) is 0 Å². The van der Waals surface area contributed by atoms with Gasteiger partial charge < -0.3 is 5.32 Å². The van der Waals surface area contributed by atoms with Gasteiger partial charge in [0.1, 0.15) is 5.82 Å². The predicted octanol–water partition coefficient (Wildman–Crippen LogP) is 1.36. The topological polar surface area (TPSA) is 66.5 Å². The van der Waals surface area contributed by atoms with Crippen LogP contribution in [0.2, 0.25) is 0 Å². The molecule has 0 aromatic heterocycles. The number of hydrogen-bond acceptors (Lipinski definition) is 3. The standard InChI is InChI=1S/C13H19FN2O3S/c1-4-10(2)15-13(17)9-16(3)20(18,19)12-7-5-11(14)6-8-12/h5-8,10H,4,9H2,1-3H3,(H,15,17)/t10-/m1/s1. The van der Waals surface area contributed by atoms with Crippen molar-refractivity contribution in [1.82, 2.24) is 9.62 Å². The minimum Gasteiger partial charge on any atom is -0.353 e. The number of sulfonamides is 1. The molecule has 0 fully saturated rings. The van der Waals surface area contributed by atoms with E-state index in [9.17, 15) is 17.6 Å². The smallest absolute Gasteiger partial charge is 0.243 e. The van der Waals surface area contributed by atoms with Crippen LogP contribution in [0.25, 0.3) is 0 Å². The second-order valence-corrected chi connectivity index (χ2v) is 6.64. The van der Waals surface area contributed by atoms with E-state index >= 15 is 0 Å². The summed E-state index contributed by atoms with van der Waals surface area (Å²) >= 11 is 0. The maximum atomic E-state index is 12.8. The summed E-state index contributed by atoms with van der Waals surface area (Å²) < 4.78 is 38.1. The fraction of sp³-hybridized carbons (Fsp3) is 0.462. The number of hydrogen-bond donors (Lipinski definition) is 1. The Labute approximate surface area is 118 Å². The SMILES string of the molecule is CC[C@@H](C)NC(=O)CN(C)S(=O)(=O)c1ccc(F)cc1. The van der Waals surface area contributed by atoms with Gasteiger partial charge in [0.2, 0.25) is 15.9 Å². The third-order valence-electron chi connectivity index (χ3n) is 2.91. The third kappa shape index (κ3) is 4.28. The zero-order chi connectivity index (χ0) is 15.3. The molecule has 0 aliphatic carbocycles. The Morgan fingerprint density at radius 2 is 1.90 bits per heavy atom. The maximum absolute atomic E-state index is 12.8. The van der Waals surface area contributed by atoms with Crippen LogP contribution in [0.4, 0.5) is 4.39 Å². The van der Waals surface area contributed by atoms with E-state index < -0.39 is 15.8 Å². The molecule has 0 saturated heterocycles. The number of halogens is 1. The lowest BCUT2D eigenvalue weighted by atomic mass is 10.2.